The third-order valence-electron chi connectivity index (χ3n) is 3.13. The standard InChI is InChI=1S/C14H23NO2/c1-11(2)14(10-17-4)15(16)12(3)13-8-6-5-7-9-13/h5-9,11-12,14,16H,10H2,1-4H3/t12-,14-/m1/s1. The van der Waals surface area contributed by atoms with E-state index in [2.05, 4.69) is 13.8 Å². The molecule has 17 heavy (non-hydrogen) atoms. The maximum Gasteiger partial charge on any atom is 0.0644 e. The minimum absolute atomic E-state index is 0.00945. The second-order valence-corrected chi connectivity index (χ2v) is 4.73. The summed E-state index contributed by atoms with van der Waals surface area (Å²) in [6.07, 6.45) is 0. The predicted molar refractivity (Wildman–Crippen MR) is 69.0 cm³/mol. The van der Waals surface area contributed by atoms with E-state index in [0.717, 1.165) is 5.56 Å². The zero-order valence-corrected chi connectivity index (χ0v) is 11.1. The van der Waals surface area contributed by atoms with Gasteiger partial charge in [0.1, 0.15) is 0 Å². The lowest BCUT2D eigenvalue weighted by molar-refractivity contribution is -0.180. The Morgan fingerprint density at radius 3 is 2.24 bits per heavy atom. The lowest BCUT2D eigenvalue weighted by Gasteiger charge is -2.33. The molecule has 0 heterocycles. The highest BCUT2D eigenvalue weighted by Gasteiger charge is 2.25. The summed E-state index contributed by atoms with van der Waals surface area (Å²) in [5.74, 6) is 0.339. The van der Waals surface area contributed by atoms with E-state index in [4.69, 9.17) is 4.74 Å². The SMILES string of the molecule is COC[C@H](C(C)C)N(O)[C@H](C)c1ccccc1. The second-order valence-electron chi connectivity index (χ2n) is 4.73. The van der Waals surface area contributed by atoms with E-state index in [1.54, 1.807) is 7.11 Å². The van der Waals surface area contributed by atoms with Gasteiger partial charge in [-0.1, -0.05) is 44.2 Å². The number of hydrogen-bond donors (Lipinski definition) is 1. The van der Waals surface area contributed by atoms with E-state index in [9.17, 15) is 5.21 Å². The Balaban J connectivity index is 2.76. The highest BCUT2D eigenvalue weighted by Crippen LogP contribution is 2.23. The van der Waals surface area contributed by atoms with Crippen LogP contribution in [0.15, 0.2) is 30.3 Å². The fourth-order valence-corrected chi connectivity index (χ4v) is 1.92. The molecule has 0 radical (unpaired) electrons. The van der Waals surface area contributed by atoms with Crippen molar-refractivity contribution in [3.05, 3.63) is 35.9 Å². The Morgan fingerprint density at radius 2 is 1.76 bits per heavy atom. The van der Waals surface area contributed by atoms with Gasteiger partial charge in [-0.25, -0.2) is 0 Å². The quantitative estimate of drug-likeness (QED) is 0.772. The van der Waals surface area contributed by atoms with Gasteiger partial charge in [0.15, 0.2) is 0 Å². The number of nitrogens with zero attached hydrogens (tertiary/aromatic N) is 1. The highest BCUT2D eigenvalue weighted by atomic mass is 16.5. The van der Waals surface area contributed by atoms with Crippen molar-refractivity contribution >= 4 is 0 Å². The van der Waals surface area contributed by atoms with Crippen LogP contribution < -0.4 is 0 Å². The smallest absolute Gasteiger partial charge is 0.0644 e. The minimum Gasteiger partial charge on any atom is -0.383 e. The molecule has 0 aromatic heterocycles. The zero-order valence-electron chi connectivity index (χ0n) is 11.1. The lowest BCUT2D eigenvalue weighted by atomic mass is 10.0. The number of benzene rings is 1. The summed E-state index contributed by atoms with van der Waals surface area (Å²) in [6, 6.07) is 9.98. The number of ether oxygens (including phenoxy) is 1. The summed E-state index contributed by atoms with van der Waals surface area (Å²) in [5, 5.41) is 11.7. The minimum atomic E-state index is -0.0289. The van der Waals surface area contributed by atoms with Crippen molar-refractivity contribution in [3.8, 4) is 0 Å². The number of hydrogen-bond acceptors (Lipinski definition) is 3. The average molecular weight is 237 g/mol. The molecule has 1 aromatic carbocycles. The zero-order chi connectivity index (χ0) is 12.8. The molecule has 0 unspecified atom stereocenters. The van der Waals surface area contributed by atoms with E-state index >= 15 is 0 Å². The van der Waals surface area contributed by atoms with Gasteiger partial charge in [-0.05, 0) is 18.4 Å². The molecule has 3 nitrogen and oxygen atoms in total. The van der Waals surface area contributed by atoms with Crippen molar-refractivity contribution in [3.63, 3.8) is 0 Å². The monoisotopic (exact) mass is 237 g/mol. The Hall–Kier alpha value is -0.900. The summed E-state index contributed by atoms with van der Waals surface area (Å²) in [5.41, 5.74) is 1.11. The van der Waals surface area contributed by atoms with E-state index in [0.29, 0.717) is 12.5 Å². The van der Waals surface area contributed by atoms with Crippen molar-refractivity contribution in [2.75, 3.05) is 13.7 Å². The molecule has 1 N–H and O–H groups in total. The summed E-state index contributed by atoms with van der Waals surface area (Å²) in [7, 11) is 1.66. The van der Waals surface area contributed by atoms with Crippen molar-refractivity contribution in [1.82, 2.24) is 5.06 Å². The van der Waals surface area contributed by atoms with Crippen LogP contribution in [0.25, 0.3) is 0 Å². The van der Waals surface area contributed by atoms with Gasteiger partial charge in [0, 0.05) is 7.11 Å². The van der Waals surface area contributed by atoms with Crippen LogP contribution in [0.3, 0.4) is 0 Å². The van der Waals surface area contributed by atoms with Crippen molar-refractivity contribution in [2.45, 2.75) is 32.9 Å². The molecule has 0 fully saturated rings. The van der Waals surface area contributed by atoms with Crippen LogP contribution in [-0.2, 0) is 4.74 Å². The summed E-state index contributed by atoms with van der Waals surface area (Å²) in [4.78, 5) is 0. The first-order chi connectivity index (χ1) is 8.07. The summed E-state index contributed by atoms with van der Waals surface area (Å²) in [6.45, 7) is 6.71. The van der Waals surface area contributed by atoms with Gasteiger partial charge in [0.25, 0.3) is 0 Å². The predicted octanol–water partition coefficient (Wildman–Crippen LogP) is 3.11. The maximum atomic E-state index is 10.3. The van der Waals surface area contributed by atoms with E-state index in [-0.39, 0.29) is 12.1 Å². The third-order valence-corrected chi connectivity index (χ3v) is 3.13. The van der Waals surface area contributed by atoms with E-state index in [1.807, 2.05) is 37.3 Å². The van der Waals surface area contributed by atoms with Crippen molar-refractivity contribution < 1.29 is 9.94 Å². The Kier molecular flexibility index (Phi) is 5.62. The summed E-state index contributed by atoms with van der Waals surface area (Å²) >= 11 is 0. The van der Waals surface area contributed by atoms with Gasteiger partial charge < -0.3 is 9.94 Å². The molecule has 0 aliphatic heterocycles. The number of hydroxylamine groups is 2. The summed E-state index contributed by atoms with van der Waals surface area (Å²) < 4.78 is 5.17. The molecule has 1 aromatic rings. The largest absolute Gasteiger partial charge is 0.383 e. The third kappa shape index (κ3) is 3.80. The maximum absolute atomic E-state index is 10.3. The first-order valence-corrected chi connectivity index (χ1v) is 6.09. The highest BCUT2D eigenvalue weighted by molar-refractivity contribution is 5.18. The van der Waals surface area contributed by atoms with Gasteiger partial charge in [-0.3, -0.25) is 0 Å². The molecule has 3 heteroatoms. The molecule has 0 bridgehead atoms. The molecule has 0 aliphatic rings. The van der Waals surface area contributed by atoms with Gasteiger partial charge in [-0.15, -0.1) is 0 Å². The van der Waals surface area contributed by atoms with Crippen LogP contribution in [-0.4, -0.2) is 30.0 Å². The van der Waals surface area contributed by atoms with Gasteiger partial charge in [-0.2, -0.15) is 5.06 Å². The van der Waals surface area contributed by atoms with E-state index in [1.165, 1.54) is 5.06 Å². The van der Waals surface area contributed by atoms with Crippen LogP contribution in [0.4, 0.5) is 0 Å². The average Bonchev–Trinajstić information content (AvgIpc) is 2.35. The van der Waals surface area contributed by atoms with Crippen molar-refractivity contribution in [1.29, 1.82) is 0 Å². The fourth-order valence-electron chi connectivity index (χ4n) is 1.92. The van der Waals surface area contributed by atoms with Crippen LogP contribution in [0.1, 0.15) is 32.4 Å². The van der Waals surface area contributed by atoms with Gasteiger partial charge >= 0.3 is 0 Å². The molecule has 0 amide bonds. The van der Waals surface area contributed by atoms with Crippen LogP contribution in [0.2, 0.25) is 0 Å². The number of rotatable bonds is 6. The molecule has 0 saturated carbocycles. The Morgan fingerprint density at radius 1 is 1.18 bits per heavy atom. The van der Waals surface area contributed by atoms with Crippen LogP contribution >= 0.6 is 0 Å². The van der Waals surface area contributed by atoms with Crippen LogP contribution in [0, 0.1) is 5.92 Å². The lowest BCUT2D eigenvalue weighted by Crippen LogP contribution is -2.41. The first kappa shape index (κ1) is 14.2. The second kappa shape index (κ2) is 6.74. The number of methoxy groups -OCH3 is 1. The van der Waals surface area contributed by atoms with Crippen molar-refractivity contribution in [2.24, 2.45) is 5.92 Å². The Labute approximate surface area is 104 Å². The molecule has 0 aliphatic carbocycles. The van der Waals surface area contributed by atoms with E-state index < -0.39 is 0 Å². The van der Waals surface area contributed by atoms with Crippen LogP contribution in [0.5, 0.6) is 0 Å². The first-order valence-electron chi connectivity index (χ1n) is 6.09. The van der Waals surface area contributed by atoms with Gasteiger partial charge in [0.2, 0.25) is 0 Å². The normalized spacial score (nSPS) is 15.2. The molecule has 96 valence electrons. The molecular formula is C14H23NO2. The molecule has 1 rings (SSSR count). The molecule has 0 spiro atoms. The molecule has 2 atom stereocenters. The fraction of sp³-hybridized carbons (Fsp3) is 0.571. The molecular weight excluding hydrogens is 214 g/mol. The van der Waals surface area contributed by atoms with Gasteiger partial charge in [0.05, 0.1) is 18.7 Å². The molecule has 0 saturated heterocycles. The topological polar surface area (TPSA) is 32.7 Å². The Bertz CT molecular complexity index is 313.